The van der Waals surface area contributed by atoms with E-state index in [0.717, 1.165) is 4.48 Å². The van der Waals surface area contributed by atoms with Crippen LogP contribution in [0.1, 0.15) is 5.56 Å². The maximum absolute atomic E-state index is 8.78. The predicted octanol–water partition coefficient (Wildman–Crippen LogP) is 1.55. The van der Waals surface area contributed by atoms with E-state index in [0.29, 0.717) is 15.0 Å². The summed E-state index contributed by atoms with van der Waals surface area (Å²) in [5.41, 5.74) is 1.32. The van der Waals surface area contributed by atoms with Crippen LogP contribution in [0.4, 0.5) is 0 Å². The van der Waals surface area contributed by atoms with Crippen LogP contribution in [-0.4, -0.2) is 26.7 Å². The van der Waals surface area contributed by atoms with Crippen molar-refractivity contribution in [2.24, 2.45) is 0 Å². The third kappa shape index (κ3) is 3.65. The van der Waals surface area contributed by atoms with E-state index >= 15 is 0 Å². The number of aliphatic hydroxyl groups is 1. The molecule has 0 aliphatic rings. The van der Waals surface area contributed by atoms with Gasteiger partial charge >= 0.3 is 93.3 Å². The van der Waals surface area contributed by atoms with Crippen LogP contribution in [0.25, 0.3) is 0 Å². The Morgan fingerprint density at radius 1 is 1.54 bits per heavy atom. The molecule has 0 bridgehead atoms. The maximum atomic E-state index is 8.78. The fourth-order valence-electron chi connectivity index (χ4n) is 0.853. The molecule has 0 aromatic heterocycles. The third-order valence-corrected chi connectivity index (χ3v) is 5.06. The van der Waals surface area contributed by atoms with Crippen molar-refractivity contribution in [2.45, 2.75) is 6.92 Å². The summed E-state index contributed by atoms with van der Waals surface area (Å²) in [6, 6.07) is 8.33. The van der Waals surface area contributed by atoms with Crippen LogP contribution in [0.3, 0.4) is 0 Å². The molecule has 70 valence electrons. The van der Waals surface area contributed by atoms with Gasteiger partial charge in [0, 0.05) is 0 Å². The van der Waals surface area contributed by atoms with Crippen LogP contribution in [0.5, 0.6) is 0 Å². The second-order valence-corrected chi connectivity index (χ2v) is 5.54. The molecule has 1 N–H and O–H groups in total. The van der Waals surface area contributed by atoms with Crippen molar-refractivity contribution < 1.29 is 5.11 Å². The Bertz CT molecular complexity index is 310. The van der Waals surface area contributed by atoms with Gasteiger partial charge in [-0.15, -0.1) is 0 Å². The first-order valence-electron chi connectivity index (χ1n) is 3.91. The van der Waals surface area contributed by atoms with Crippen LogP contribution >= 0.6 is 15.9 Å². The molecule has 13 heavy (non-hydrogen) atoms. The molecular weight excluding hydrogens is 295 g/mol. The first-order chi connectivity index (χ1) is 6.24. The van der Waals surface area contributed by atoms with Crippen molar-refractivity contribution in [3.8, 4) is 0 Å². The molecule has 0 fully saturated rings. The second-order valence-electron chi connectivity index (χ2n) is 2.61. The molecule has 0 radical (unpaired) electrons. The second kappa shape index (κ2) is 5.61. The topological polar surface area (TPSA) is 20.2 Å². The van der Waals surface area contributed by atoms with Gasteiger partial charge in [-0.3, -0.25) is 0 Å². The standard InChI is InChI=1S/C10H11BrOSe/c1-8-4-2-3-5-10(8)13-7-9(11)6-12/h2-5,7,12H,6H2,1H3/b9-7-. The molecule has 1 aromatic rings. The normalized spacial score (nSPS) is 11.8. The summed E-state index contributed by atoms with van der Waals surface area (Å²) in [6.07, 6.45) is 0. The van der Waals surface area contributed by atoms with E-state index in [1.165, 1.54) is 10.0 Å². The summed E-state index contributed by atoms with van der Waals surface area (Å²) >= 11 is 3.60. The van der Waals surface area contributed by atoms with E-state index in [1.54, 1.807) is 0 Å². The van der Waals surface area contributed by atoms with Crippen LogP contribution < -0.4 is 4.46 Å². The van der Waals surface area contributed by atoms with Gasteiger partial charge in [0.15, 0.2) is 0 Å². The first kappa shape index (κ1) is 11.0. The summed E-state index contributed by atoms with van der Waals surface area (Å²) in [7, 11) is 0. The molecule has 1 aromatic carbocycles. The Morgan fingerprint density at radius 2 is 2.23 bits per heavy atom. The SMILES string of the molecule is Cc1ccccc1[Se]/C=C(\Br)CO. The molecule has 0 spiro atoms. The molecule has 0 unspecified atom stereocenters. The van der Waals surface area contributed by atoms with E-state index in [4.69, 9.17) is 5.11 Å². The van der Waals surface area contributed by atoms with Crippen molar-refractivity contribution in [3.05, 3.63) is 39.3 Å². The van der Waals surface area contributed by atoms with Gasteiger partial charge in [0.1, 0.15) is 0 Å². The monoisotopic (exact) mass is 306 g/mol. The number of halogens is 1. The quantitative estimate of drug-likeness (QED) is 0.840. The Labute approximate surface area is 93.1 Å². The van der Waals surface area contributed by atoms with Crippen LogP contribution in [0, 0.1) is 6.92 Å². The Hall–Kier alpha value is -0.0805. The van der Waals surface area contributed by atoms with Crippen molar-refractivity contribution in [3.63, 3.8) is 0 Å². The van der Waals surface area contributed by atoms with Gasteiger partial charge < -0.3 is 0 Å². The summed E-state index contributed by atoms with van der Waals surface area (Å²) in [5.74, 6) is 0. The number of aliphatic hydroxyl groups excluding tert-OH is 1. The Morgan fingerprint density at radius 3 is 2.85 bits per heavy atom. The number of rotatable bonds is 3. The number of aryl methyl sites for hydroxylation is 1. The molecule has 0 amide bonds. The number of benzene rings is 1. The van der Waals surface area contributed by atoms with Crippen molar-refractivity contribution in [1.82, 2.24) is 0 Å². The molecule has 1 rings (SSSR count). The van der Waals surface area contributed by atoms with Gasteiger partial charge in [0.25, 0.3) is 0 Å². The van der Waals surface area contributed by atoms with Crippen molar-refractivity contribution >= 4 is 35.3 Å². The molecule has 0 aliphatic heterocycles. The van der Waals surface area contributed by atoms with E-state index in [9.17, 15) is 0 Å². The molecule has 3 heteroatoms. The minimum absolute atomic E-state index is 0.0909. The predicted molar refractivity (Wildman–Crippen MR) is 60.7 cm³/mol. The van der Waals surface area contributed by atoms with Gasteiger partial charge in [-0.1, -0.05) is 0 Å². The molecule has 0 aliphatic carbocycles. The summed E-state index contributed by atoms with van der Waals surface area (Å²) in [5, 5.41) is 8.78. The zero-order valence-corrected chi connectivity index (χ0v) is 10.6. The molecule has 1 nitrogen and oxygen atoms in total. The summed E-state index contributed by atoms with van der Waals surface area (Å²) in [6.45, 7) is 2.20. The molecule has 0 heterocycles. The molecular formula is C10H11BrOSe. The van der Waals surface area contributed by atoms with Gasteiger partial charge in [0.05, 0.1) is 0 Å². The van der Waals surface area contributed by atoms with Crippen LogP contribution in [0.2, 0.25) is 0 Å². The average Bonchev–Trinajstić information content (AvgIpc) is 2.16. The fraction of sp³-hybridized carbons (Fsp3) is 0.200. The van der Waals surface area contributed by atoms with Gasteiger partial charge in [-0.05, 0) is 0 Å². The molecule has 0 saturated heterocycles. The average molecular weight is 306 g/mol. The number of hydrogen-bond acceptors (Lipinski definition) is 1. The van der Waals surface area contributed by atoms with Crippen LogP contribution in [0.15, 0.2) is 33.7 Å². The summed E-state index contributed by atoms with van der Waals surface area (Å²) in [4.78, 5) is 2.05. The Balaban J connectivity index is 2.70. The zero-order valence-electron chi connectivity index (χ0n) is 7.33. The van der Waals surface area contributed by atoms with E-state index < -0.39 is 0 Å². The van der Waals surface area contributed by atoms with Crippen molar-refractivity contribution in [1.29, 1.82) is 0 Å². The zero-order chi connectivity index (χ0) is 9.68. The van der Waals surface area contributed by atoms with E-state index in [1.807, 2.05) is 12.1 Å². The van der Waals surface area contributed by atoms with E-state index in [-0.39, 0.29) is 6.61 Å². The van der Waals surface area contributed by atoms with Gasteiger partial charge in [0.2, 0.25) is 0 Å². The first-order valence-corrected chi connectivity index (χ1v) is 6.55. The summed E-state index contributed by atoms with van der Waals surface area (Å²) < 4.78 is 2.23. The molecule has 0 atom stereocenters. The Kier molecular flexibility index (Phi) is 4.74. The number of hydrogen-bond donors (Lipinski definition) is 1. The third-order valence-electron chi connectivity index (χ3n) is 1.56. The van der Waals surface area contributed by atoms with Crippen LogP contribution in [-0.2, 0) is 0 Å². The van der Waals surface area contributed by atoms with Gasteiger partial charge in [-0.25, -0.2) is 0 Å². The van der Waals surface area contributed by atoms with Crippen molar-refractivity contribution in [2.75, 3.05) is 6.61 Å². The fourth-order valence-corrected chi connectivity index (χ4v) is 2.89. The minimum atomic E-state index is 0.0909. The van der Waals surface area contributed by atoms with Gasteiger partial charge in [-0.2, -0.15) is 0 Å². The van der Waals surface area contributed by atoms with E-state index in [2.05, 4.69) is 40.0 Å². The molecule has 0 saturated carbocycles.